The molecule has 142 valence electrons. The molecule has 0 spiro atoms. The molecule has 27 heavy (non-hydrogen) atoms. The number of aromatic nitrogens is 3. The van der Waals surface area contributed by atoms with E-state index >= 15 is 0 Å². The van der Waals surface area contributed by atoms with Gasteiger partial charge in [-0.25, -0.2) is 8.78 Å². The van der Waals surface area contributed by atoms with Gasteiger partial charge in [0.25, 0.3) is 6.43 Å². The van der Waals surface area contributed by atoms with Gasteiger partial charge in [-0.15, -0.1) is 0 Å². The summed E-state index contributed by atoms with van der Waals surface area (Å²) < 4.78 is 30.5. The highest BCUT2D eigenvalue weighted by Crippen LogP contribution is 2.32. The Hall–Kier alpha value is -2.94. The molecule has 0 aliphatic carbocycles. The first-order chi connectivity index (χ1) is 13.0. The van der Waals surface area contributed by atoms with Crippen LogP contribution in [0.15, 0.2) is 24.4 Å². The normalized spacial score (nSPS) is 11.0. The highest BCUT2D eigenvalue weighted by atomic mass is 35.5. The standard InChI is InChI=1S/C17H17ClF2N6O/c1-2-27-16-14-10(18)7-23-15(14)25-17(26-16)24-12-5-3-4-11(9(12)6-21)22-8-13(19)20/h3-7,13,21-22H,2,8H2,1H3,(H2,23,24,25,26). The fourth-order valence-electron chi connectivity index (χ4n) is 2.55. The Balaban J connectivity index is 1.97. The number of anilines is 3. The summed E-state index contributed by atoms with van der Waals surface area (Å²) in [7, 11) is 0. The van der Waals surface area contributed by atoms with E-state index in [0.29, 0.717) is 45.5 Å². The maximum absolute atomic E-state index is 12.5. The van der Waals surface area contributed by atoms with Crippen molar-refractivity contribution in [1.82, 2.24) is 15.0 Å². The van der Waals surface area contributed by atoms with Crippen molar-refractivity contribution in [1.29, 1.82) is 5.41 Å². The third-order valence-corrected chi connectivity index (χ3v) is 3.97. The first-order valence-corrected chi connectivity index (χ1v) is 8.51. The highest BCUT2D eigenvalue weighted by molar-refractivity contribution is 6.35. The molecule has 0 amide bonds. The lowest BCUT2D eigenvalue weighted by Gasteiger charge is -2.14. The molecule has 0 bridgehead atoms. The minimum absolute atomic E-state index is 0.221. The molecule has 3 aromatic rings. The number of halogens is 3. The summed E-state index contributed by atoms with van der Waals surface area (Å²) in [5.74, 6) is 0.540. The summed E-state index contributed by atoms with van der Waals surface area (Å²) >= 11 is 6.14. The largest absolute Gasteiger partial charge is 0.477 e. The van der Waals surface area contributed by atoms with Crippen molar-refractivity contribution >= 4 is 46.2 Å². The summed E-state index contributed by atoms with van der Waals surface area (Å²) in [6.07, 6.45) is 0.159. The van der Waals surface area contributed by atoms with Gasteiger partial charge in [-0.2, -0.15) is 9.97 Å². The molecule has 0 fully saturated rings. The Bertz CT molecular complexity index is 962. The smallest absolute Gasteiger partial charge is 0.255 e. The van der Waals surface area contributed by atoms with Crippen molar-refractivity contribution < 1.29 is 13.5 Å². The molecule has 0 unspecified atom stereocenters. The zero-order valence-electron chi connectivity index (χ0n) is 14.3. The van der Waals surface area contributed by atoms with Crippen LogP contribution in [0.2, 0.25) is 5.02 Å². The molecule has 7 nitrogen and oxygen atoms in total. The molecule has 0 saturated heterocycles. The summed E-state index contributed by atoms with van der Waals surface area (Å²) in [6.45, 7) is 1.71. The van der Waals surface area contributed by atoms with Crippen LogP contribution in [0.3, 0.4) is 0 Å². The molecule has 2 aromatic heterocycles. The summed E-state index contributed by atoms with van der Waals surface area (Å²) in [5, 5.41) is 14.3. The van der Waals surface area contributed by atoms with Crippen LogP contribution >= 0.6 is 11.6 Å². The highest BCUT2D eigenvalue weighted by Gasteiger charge is 2.15. The van der Waals surface area contributed by atoms with E-state index < -0.39 is 13.0 Å². The Morgan fingerprint density at radius 3 is 2.81 bits per heavy atom. The molecule has 10 heteroatoms. The number of aromatic amines is 1. The zero-order chi connectivity index (χ0) is 19.4. The van der Waals surface area contributed by atoms with Crippen LogP contribution in [0, 0.1) is 5.41 Å². The van der Waals surface area contributed by atoms with Crippen molar-refractivity contribution in [3.8, 4) is 5.88 Å². The number of hydrogen-bond donors (Lipinski definition) is 4. The van der Waals surface area contributed by atoms with Gasteiger partial charge >= 0.3 is 0 Å². The maximum atomic E-state index is 12.5. The Kier molecular flexibility index (Phi) is 5.70. The van der Waals surface area contributed by atoms with E-state index in [0.717, 1.165) is 6.21 Å². The topological polar surface area (TPSA) is 98.7 Å². The Morgan fingerprint density at radius 1 is 1.33 bits per heavy atom. The van der Waals surface area contributed by atoms with Crippen LogP contribution in [0.4, 0.5) is 26.1 Å². The molecular formula is C17H17ClF2N6O. The van der Waals surface area contributed by atoms with E-state index in [9.17, 15) is 8.78 Å². The van der Waals surface area contributed by atoms with E-state index in [2.05, 4.69) is 25.6 Å². The molecule has 4 N–H and O–H groups in total. The summed E-state index contributed by atoms with van der Waals surface area (Å²) in [5.41, 5.74) is 1.79. The van der Waals surface area contributed by atoms with Gasteiger partial charge in [-0.3, -0.25) is 0 Å². The quantitative estimate of drug-likeness (QED) is 0.424. The van der Waals surface area contributed by atoms with Crippen LogP contribution in [0.5, 0.6) is 5.88 Å². The SMILES string of the molecule is CCOc1nc(Nc2cccc(NCC(F)F)c2C=N)nc2[nH]cc(Cl)c12. The number of hydrogen-bond acceptors (Lipinski definition) is 6. The van der Waals surface area contributed by atoms with Gasteiger partial charge in [-0.1, -0.05) is 17.7 Å². The number of nitrogens with one attached hydrogen (secondary N) is 4. The second kappa shape index (κ2) is 8.17. The van der Waals surface area contributed by atoms with E-state index in [1.54, 1.807) is 24.4 Å². The van der Waals surface area contributed by atoms with Gasteiger partial charge < -0.3 is 25.8 Å². The summed E-state index contributed by atoms with van der Waals surface area (Å²) in [4.78, 5) is 11.6. The third-order valence-electron chi connectivity index (χ3n) is 3.68. The minimum Gasteiger partial charge on any atom is -0.477 e. The number of H-pyrrole nitrogens is 1. The van der Waals surface area contributed by atoms with Crippen molar-refractivity contribution in [2.24, 2.45) is 0 Å². The van der Waals surface area contributed by atoms with Gasteiger partial charge in [0.2, 0.25) is 11.8 Å². The van der Waals surface area contributed by atoms with Gasteiger partial charge in [0.15, 0.2) is 0 Å². The van der Waals surface area contributed by atoms with Crippen LogP contribution in [0.1, 0.15) is 12.5 Å². The first-order valence-electron chi connectivity index (χ1n) is 8.13. The zero-order valence-corrected chi connectivity index (χ0v) is 15.1. The van der Waals surface area contributed by atoms with Crippen molar-refractivity contribution in [3.05, 3.63) is 35.0 Å². The van der Waals surface area contributed by atoms with Gasteiger partial charge in [-0.05, 0) is 19.1 Å². The van der Waals surface area contributed by atoms with E-state index in [-0.39, 0.29) is 5.95 Å². The predicted octanol–water partition coefficient (Wildman–Crippen LogP) is 4.43. The molecule has 3 rings (SSSR count). The Morgan fingerprint density at radius 2 is 2.11 bits per heavy atom. The van der Waals surface area contributed by atoms with E-state index in [4.69, 9.17) is 21.7 Å². The second-order valence-corrected chi connectivity index (χ2v) is 5.86. The molecule has 0 saturated carbocycles. The van der Waals surface area contributed by atoms with Crippen LogP contribution in [-0.2, 0) is 0 Å². The summed E-state index contributed by atoms with van der Waals surface area (Å²) in [6, 6.07) is 4.99. The number of nitrogens with zero attached hydrogens (tertiary/aromatic N) is 2. The van der Waals surface area contributed by atoms with Gasteiger partial charge in [0, 0.05) is 23.7 Å². The first kappa shape index (κ1) is 18.8. The van der Waals surface area contributed by atoms with E-state index in [1.165, 1.54) is 0 Å². The van der Waals surface area contributed by atoms with Crippen molar-refractivity contribution in [2.45, 2.75) is 13.3 Å². The van der Waals surface area contributed by atoms with E-state index in [1.807, 2.05) is 6.92 Å². The number of alkyl halides is 2. The van der Waals surface area contributed by atoms with Crippen molar-refractivity contribution in [3.63, 3.8) is 0 Å². The number of ether oxygens (including phenoxy) is 1. The van der Waals surface area contributed by atoms with Crippen molar-refractivity contribution in [2.75, 3.05) is 23.8 Å². The lowest BCUT2D eigenvalue weighted by molar-refractivity contribution is 0.163. The average molecular weight is 395 g/mol. The number of rotatable bonds is 8. The third kappa shape index (κ3) is 4.08. The minimum atomic E-state index is -2.50. The van der Waals surface area contributed by atoms with Crippen LogP contribution in [-0.4, -0.2) is 40.7 Å². The molecule has 1 aromatic carbocycles. The lowest BCUT2D eigenvalue weighted by atomic mass is 10.1. The average Bonchev–Trinajstić information content (AvgIpc) is 3.01. The predicted molar refractivity (Wildman–Crippen MR) is 102 cm³/mol. The van der Waals surface area contributed by atoms with Gasteiger partial charge in [0.1, 0.15) is 5.65 Å². The monoisotopic (exact) mass is 394 g/mol. The van der Waals surface area contributed by atoms with Gasteiger partial charge in [0.05, 0.1) is 29.2 Å². The number of fused-ring (bicyclic) bond motifs is 1. The fraction of sp³-hybridized carbons (Fsp3) is 0.235. The fourth-order valence-corrected chi connectivity index (χ4v) is 2.78. The molecule has 2 heterocycles. The Labute approximate surface area is 158 Å². The lowest BCUT2D eigenvalue weighted by Crippen LogP contribution is -2.12. The molecular weight excluding hydrogens is 378 g/mol. The molecule has 0 atom stereocenters. The van der Waals surface area contributed by atoms with Crippen LogP contribution < -0.4 is 15.4 Å². The molecule has 0 aliphatic rings. The molecule has 0 radical (unpaired) electrons. The number of benzene rings is 1. The molecule has 0 aliphatic heterocycles. The maximum Gasteiger partial charge on any atom is 0.255 e. The van der Waals surface area contributed by atoms with Crippen LogP contribution in [0.25, 0.3) is 11.0 Å². The second-order valence-electron chi connectivity index (χ2n) is 5.45.